The SMILES string of the molecule is O=C(CCCCCNOC(=O)C(F)(F)F)ON1C(=O)CCC1=O. The zero-order chi connectivity index (χ0) is 17.5. The molecule has 0 atom stereocenters. The number of amides is 2. The normalized spacial score (nSPS) is 15.0. The molecule has 1 rings (SSSR count). The Morgan fingerprint density at radius 1 is 1.09 bits per heavy atom. The summed E-state index contributed by atoms with van der Waals surface area (Å²) in [6.45, 7) is -0.0139. The monoisotopic (exact) mass is 340 g/mol. The summed E-state index contributed by atoms with van der Waals surface area (Å²) in [6.07, 6.45) is -3.97. The molecule has 11 heteroatoms. The number of imide groups is 1. The van der Waals surface area contributed by atoms with Gasteiger partial charge in [0, 0.05) is 25.8 Å². The van der Waals surface area contributed by atoms with Gasteiger partial charge >= 0.3 is 18.1 Å². The molecule has 0 spiro atoms. The average molecular weight is 340 g/mol. The summed E-state index contributed by atoms with van der Waals surface area (Å²) >= 11 is 0. The van der Waals surface area contributed by atoms with Crippen molar-refractivity contribution in [2.75, 3.05) is 6.54 Å². The number of halogens is 3. The molecule has 0 bridgehead atoms. The molecule has 0 radical (unpaired) electrons. The minimum absolute atomic E-state index is 0.00836. The highest BCUT2D eigenvalue weighted by atomic mass is 19.4. The van der Waals surface area contributed by atoms with E-state index in [-0.39, 0.29) is 25.8 Å². The molecule has 8 nitrogen and oxygen atoms in total. The van der Waals surface area contributed by atoms with E-state index in [1.165, 1.54) is 0 Å². The van der Waals surface area contributed by atoms with Crippen LogP contribution in [0.25, 0.3) is 0 Å². The zero-order valence-electron chi connectivity index (χ0n) is 12.0. The second-order valence-corrected chi connectivity index (χ2v) is 4.64. The summed E-state index contributed by atoms with van der Waals surface area (Å²) in [5, 5.41) is 0.445. The molecule has 0 aromatic heterocycles. The van der Waals surface area contributed by atoms with Crippen molar-refractivity contribution in [1.82, 2.24) is 10.5 Å². The lowest BCUT2D eigenvalue weighted by Crippen LogP contribution is -2.32. The summed E-state index contributed by atoms with van der Waals surface area (Å²) < 4.78 is 35.3. The molecular weight excluding hydrogens is 325 g/mol. The van der Waals surface area contributed by atoms with E-state index in [2.05, 4.69) is 9.68 Å². The Balaban J connectivity index is 2.05. The van der Waals surface area contributed by atoms with Gasteiger partial charge in [0.05, 0.1) is 0 Å². The molecule has 0 aromatic carbocycles. The minimum atomic E-state index is -5.05. The van der Waals surface area contributed by atoms with Gasteiger partial charge in [-0.3, -0.25) is 9.59 Å². The van der Waals surface area contributed by atoms with Crippen LogP contribution in [0.15, 0.2) is 0 Å². The third kappa shape index (κ3) is 6.63. The number of rotatable bonds is 8. The first-order valence-electron chi connectivity index (χ1n) is 6.79. The highest BCUT2D eigenvalue weighted by Crippen LogP contribution is 2.15. The molecule has 1 N–H and O–H groups in total. The van der Waals surface area contributed by atoms with Crippen LogP contribution in [0.4, 0.5) is 13.2 Å². The minimum Gasteiger partial charge on any atom is -0.364 e. The molecule has 1 aliphatic rings. The Morgan fingerprint density at radius 2 is 1.70 bits per heavy atom. The fourth-order valence-corrected chi connectivity index (χ4v) is 1.62. The maximum Gasteiger partial charge on any atom is 0.492 e. The van der Waals surface area contributed by atoms with E-state index in [0.29, 0.717) is 24.3 Å². The molecular formula is C12H15F3N2O6. The molecule has 1 aliphatic heterocycles. The molecule has 23 heavy (non-hydrogen) atoms. The molecule has 0 saturated carbocycles. The standard InChI is InChI=1S/C12H15F3N2O6/c13-12(14,15)11(21)22-16-7-3-1-2-4-10(20)23-17-8(18)5-6-9(17)19/h16H,1-7H2. The predicted molar refractivity (Wildman–Crippen MR) is 65.8 cm³/mol. The lowest BCUT2D eigenvalue weighted by atomic mass is 10.2. The number of hydroxylamine groups is 3. The fourth-order valence-electron chi connectivity index (χ4n) is 1.62. The molecule has 1 saturated heterocycles. The van der Waals surface area contributed by atoms with Crippen molar-refractivity contribution >= 4 is 23.8 Å². The van der Waals surface area contributed by atoms with Crippen LogP contribution in [-0.4, -0.2) is 41.5 Å². The summed E-state index contributed by atoms with van der Waals surface area (Å²) in [4.78, 5) is 52.5. The smallest absolute Gasteiger partial charge is 0.364 e. The highest BCUT2D eigenvalue weighted by Gasteiger charge is 2.41. The number of unbranched alkanes of at least 4 members (excludes halogenated alkanes) is 2. The summed E-state index contributed by atoms with van der Waals surface area (Å²) in [5.41, 5.74) is 1.87. The van der Waals surface area contributed by atoms with Crippen molar-refractivity contribution in [3.8, 4) is 0 Å². The van der Waals surface area contributed by atoms with Crippen LogP contribution in [-0.2, 0) is 28.9 Å². The number of hydrogen-bond acceptors (Lipinski definition) is 7. The maximum atomic E-state index is 11.8. The Labute approximate surface area is 128 Å². The van der Waals surface area contributed by atoms with E-state index in [1.807, 2.05) is 5.48 Å². The largest absolute Gasteiger partial charge is 0.492 e. The van der Waals surface area contributed by atoms with Crippen LogP contribution in [0.3, 0.4) is 0 Å². The molecule has 2 amide bonds. The van der Waals surface area contributed by atoms with Crippen LogP contribution in [0.5, 0.6) is 0 Å². The van der Waals surface area contributed by atoms with Gasteiger partial charge in [-0.05, 0) is 12.8 Å². The van der Waals surface area contributed by atoms with Gasteiger partial charge in [-0.1, -0.05) is 6.42 Å². The topological polar surface area (TPSA) is 102 Å². The van der Waals surface area contributed by atoms with Gasteiger partial charge in [0.1, 0.15) is 0 Å². The lowest BCUT2D eigenvalue weighted by Gasteiger charge is -2.12. The van der Waals surface area contributed by atoms with Crippen molar-refractivity contribution in [2.45, 2.75) is 44.7 Å². The second-order valence-electron chi connectivity index (χ2n) is 4.64. The van der Waals surface area contributed by atoms with Crippen LogP contribution >= 0.6 is 0 Å². The van der Waals surface area contributed by atoms with Gasteiger partial charge in [0.25, 0.3) is 11.8 Å². The first-order chi connectivity index (χ1) is 10.7. The van der Waals surface area contributed by atoms with E-state index in [4.69, 9.17) is 0 Å². The van der Waals surface area contributed by atoms with Gasteiger partial charge < -0.3 is 9.68 Å². The quantitative estimate of drug-likeness (QED) is 0.395. The molecule has 1 fully saturated rings. The third-order valence-electron chi connectivity index (χ3n) is 2.75. The number of alkyl halides is 3. The Bertz CT molecular complexity index is 464. The van der Waals surface area contributed by atoms with E-state index >= 15 is 0 Å². The first kappa shape index (κ1) is 18.9. The number of hydrogen-bond donors (Lipinski definition) is 1. The number of nitrogens with zero attached hydrogens (tertiary/aromatic N) is 1. The van der Waals surface area contributed by atoms with E-state index < -0.39 is 29.9 Å². The van der Waals surface area contributed by atoms with Crippen LogP contribution in [0.2, 0.25) is 0 Å². The van der Waals surface area contributed by atoms with Gasteiger partial charge in [-0.2, -0.15) is 18.7 Å². The molecule has 0 unspecified atom stereocenters. The van der Waals surface area contributed by atoms with Crippen LogP contribution < -0.4 is 5.48 Å². The van der Waals surface area contributed by atoms with Gasteiger partial charge in [0.15, 0.2) is 0 Å². The maximum absolute atomic E-state index is 11.8. The lowest BCUT2D eigenvalue weighted by molar-refractivity contribution is -0.206. The van der Waals surface area contributed by atoms with Crippen LogP contribution in [0, 0.1) is 0 Å². The zero-order valence-corrected chi connectivity index (χ0v) is 12.0. The first-order valence-corrected chi connectivity index (χ1v) is 6.79. The van der Waals surface area contributed by atoms with Crippen LogP contribution in [0.1, 0.15) is 38.5 Å². The van der Waals surface area contributed by atoms with E-state index in [0.717, 1.165) is 0 Å². The average Bonchev–Trinajstić information content (AvgIpc) is 2.77. The van der Waals surface area contributed by atoms with Crippen molar-refractivity contribution < 1.29 is 42.0 Å². The number of carbonyl (C=O) groups excluding carboxylic acids is 4. The molecule has 0 aromatic rings. The van der Waals surface area contributed by atoms with Gasteiger partial charge in [-0.15, -0.1) is 5.06 Å². The molecule has 0 aliphatic carbocycles. The Hall–Kier alpha value is -2.17. The molecule has 1 heterocycles. The Morgan fingerprint density at radius 3 is 2.26 bits per heavy atom. The highest BCUT2D eigenvalue weighted by molar-refractivity contribution is 6.01. The van der Waals surface area contributed by atoms with E-state index in [1.54, 1.807) is 0 Å². The van der Waals surface area contributed by atoms with Gasteiger partial charge in [-0.25, -0.2) is 9.59 Å². The van der Waals surface area contributed by atoms with Crippen molar-refractivity contribution in [2.24, 2.45) is 0 Å². The van der Waals surface area contributed by atoms with E-state index in [9.17, 15) is 32.3 Å². The third-order valence-corrected chi connectivity index (χ3v) is 2.75. The summed E-state index contributed by atoms with van der Waals surface area (Å²) in [6, 6.07) is 0. The predicted octanol–water partition coefficient (Wildman–Crippen LogP) is 0.764. The Kier molecular flexibility index (Phi) is 6.94. The molecule has 130 valence electrons. The van der Waals surface area contributed by atoms with Crippen molar-refractivity contribution in [3.05, 3.63) is 0 Å². The fraction of sp³-hybridized carbons (Fsp3) is 0.667. The number of carbonyl (C=O) groups is 4. The summed E-state index contributed by atoms with van der Waals surface area (Å²) in [7, 11) is 0. The summed E-state index contributed by atoms with van der Waals surface area (Å²) in [5.74, 6) is -4.22. The van der Waals surface area contributed by atoms with Gasteiger partial charge in [0.2, 0.25) is 0 Å². The number of nitrogens with one attached hydrogen (secondary N) is 1. The second kappa shape index (κ2) is 8.46. The van der Waals surface area contributed by atoms with Crippen molar-refractivity contribution in [1.29, 1.82) is 0 Å². The van der Waals surface area contributed by atoms with Crippen molar-refractivity contribution in [3.63, 3.8) is 0 Å².